The Balaban J connectivity index is 1.39. The lowest BCUT2D eigenvalue weighted by atomic mass is 10.1. The van der Waals surface area contributed by atoms with Gasteiger partial charge in [0.05, 0.1) is 6.26 Å². The van der Waals surface area contributed by atoms with Gasteiger partial charge in [-0.15, -0.1) is 0 Å². The van der Waals surface area contributed by atoms with E-state index in [9.17, 15) is 9.59 Å². The van der Waals surface area contributed by atoms with E-state index < -0.39 is 0 Å². The molecule has 3 heterocycles. The maximum absolute atomic E-state index is 13.1. The van der Waals surface area contributed by atoms with Crippen molar-refractivity contribution in [2.45, 2.75) is 25.8 Å². The van der Waals surface area contributed by atoms with E-state index in [0.29, 0.717) is 25.4 Å². The monoisotopic (exact) mass is 367 g/mol. The van der Waals surface area contributed by atoms with Crippen molar-refractivity contribution < 1.29 is 14.0 Å². The molecule has 0 spiro atoms. The number of rotatable bonds is 3. The van der Waals surface area contributed by atoms with Crippen molar-refractivity contribution in [1.82, 2.24) is 9.80 Å². The summed E-state index contributed by atoms with van der Waals surface area (Å²) < 4.78 is 5.23. The van der Waals surface area contributed by atoms with Crippen LogP contribution in [-0.4, -0.2) is 60.4 Å². The van der Waals surface area contributed by atoms with Crippen LogP contribution in [0.2, 0.25) is 0 Å². The largest absolute Gasteiger partial charge is 0.459 e. The number of amides is 2. The van der Waals surface area contributed by atoms with E-state index >= 15 is 0 Å². The van der Waals surface area contributed by atoms with Crippen LogP contribution in [0.4, 0.5) is 5.69 Å². The van der Waals surface area contributed by atoms with Crippen LogP contribution in [0, 0.1) is 6.92 Å². The molecule has 0 N–H and O–H groups in total. The molecule has 0 radical (unpaired) electrons. The molecule has 2 aromatic rings. The fraction of sp³-hybridized carbons (Fsp3) is 0.429. The highest BCUT2D eigenvalue weighted by Crippen LogP contribution is 2.24. The molecule has 0 saturated carbocycles. The minimum atomic E-state index is -0.367. The molecule has 6 heteroatoms. The molecule has 2 saturated heterocycles. The summed E-state index contributed by atoms with van der Waals surface area (Å²) in [5.74, 6) is 0.185. The third kappa shape index (κ3) is 3.56. The number of anilines is 1. The Bertz CT molecular complexity index is 810. The molecule has 1 atom stereocenters. The van der Waals surface area contributed by atoms with Crippen molar-refractivity contribution in [3.8, 4) is 0 Å². The van der Waals surface area contributed by atoms with Gasteiger partial charge in [-0.3, -0.25) is 9.59 Å². The summed E-state index contributed by atoms with van der Waals surface area (Å²) in [6.45, 7) is 5.70. The fourth-order valence-electron chi connectivity index (χ4n) is 4.03. The Morgan fingerprint density at radius 3 is 2.56 bits per heavy atom. The maximum Gasteiger partial charge on any atom is 0.290 e. The molecule has 2 aliphatic heterocycles. The normalized spacial score (nSPS) is 20.2. The highest BCUT2D eigenvalue weighted by Gasteiger charge is 2.38. The first kappa shape index (κ1) is 17.6. The van der Waals surface area contributed by atoms with Crippen LogP contribution in [0.15, 0.2) is 47.1 Å². The number of likely N-dealkylation sites (tertiary alicyclic amines) is 1. The summed E-state index contributed by atoms with van der Waals surface area (Å²) in [4.78, 5) is 31.6. The third-order valence-corrected chi connectivity index (χ3v) is 5.49. The fourth-order valence-corrected chi connectivity index (χ4v) is 4.03. The molecule has 1 aromatic carbocycles. The van der Waals surface area contributed by atoms with E-state index in [1.807, 2.05) is 4.90 Å². The van der Waals surface area contributed by atoms with Crippen LogP contribution >= 0.6 is 0 Å². The summed E-state index contributed by atoms with van der Waals surface area (Å²) in [5, 5.41) is 0. The van der Waals surface area contributed by atoms with Crippen molar-refractivity contribution in [2.24, 2.45) is 0 Å². The van der Waals surface area contributed by atoms with E-state index in [4.69, 9.17) is 4.42 Å². The van der Waals surface area contributed by atoms with Gasteiger partial charge in [-0.25, -0.2) is 0 Å². The van der Waals surface area contributed by atoms with Gasteiger partial charge in [0.25, 0.3) is 5.91 Å². The Hall–Kier alpha value is -2.76. The van der Waals surface area contributed by atoms with Crippen LogP contribution in [0.1, 0.15) is 29.0 Å². The average Bonchev–Trinajstić information content (AvgIpc) is 3.39. The van der Waals surface area contributed by atoms with Crippen molar-refractivity contribution in [2.75, 3.05) is 37.6 Å². The molecular weight excluding hydrogens is 342 g/mol. The number of hydrogen-bond donors (Lipinski definition) is 0. The molecule has 4 rings (SSSR count). The Morgan fingerprint density at radius 2 is 1.85 bits per heavy atom. The van der Waals surface area contributed by atoms with Crippen molar-refractivity contribution >= 4 is 17.5 Å². The predicted octanol–water partition coefficient (Wildman–Crippen LogP) is 2.54. The number of piperazine rings is 1. The second-order valence-corrected chi connectivity index (χ2v) is 7.29. The molecule has 0 aliphatic carbocycles. The third-order valence-electron chi connectivity index (χ3n) is 5.49. The number of carbonyl (C=O) groups is 2. The lowest BCUT2D eigenvalue weighted by molar-refractivity contribution is -0.135. The van der Waals surface area contributed by atoms with Gasteiger partial charge in [0.1, 0.15) is 6.04 Å². The SMILES string of the molecule is Cc1cccc(N2CCN(C(=O)C3CCCN3C(=O)c3ccco3)CC2)c1. The quantitative estimate of drug-likeness (QED) is 0.837. The Labute approximate surface area is 159 Å². The van der Waals surface area contributed by atoms with Crippen LogP contribution in [-0.2, 0) is 4.79 Å². The van der Waals surface area contributed by atoms with Crippen LogP contribution in [0.3, 0.4) is 0 Å². The number of benzene rings is 1. The topological polar surface area (TPSA) is 57.0 Å². The molecule has 2 fully saturated rings. The number of hydrogen-bond acceptors (Lipinski definition) is 4. The number of carbonyl (C=O) groups excluding carboxylic acids is 2. The first-order chi connectivity index (χ1) is 13.1. The molecule has 6 nitrogen and oxygen atoms in total. The zero-order valence-electron chi connectivity index (χ0n) is 15.6. The summed E-state index contributed by atoms with van der Waals surface area (Å²) in [6, 6.07) is 11.4. The van der Waals surface area contributed by atoms with Gasteiger partial charge < -0.3 is 19.1 Å². The highest BCUT2D eigenvalue weighted by molar-refractivity contribution is 5.96. The van der Waals surface area contributed by atoms with Gasteiger partial charge in [0.2, 0.25) is 5.91 Å². The summed E-state index contributed by atoms with van der Waals surface area (Å²) in [7, 11) is 0. The van der Waals surface area contributed by atoms with Crippen molar-refractivity contribution in [3.63, 3.8) is 0 Å². The molecular formula is C21H25N3O3. The zero-order valence-corrected chi connectivity index (χ0v) is 15.6. The number of aryl methyl sites for hydroxylation is 1. The Kier molecular flexibility index (Phi) is 4.88. The zero-order chi connectivity index (χ0) is 18.8. The first-order valence-electron chi connectivity index (χ1n) is 9.58. The van der Waals surface area contributed by atoms with Gasteiger partial charge >= 0.3 is 0 Å². The van der Waals surface area contributed by atoms with Gasteiger partial charge in [-0.2, -0.15) is 0 Å². The smallest absolute Gasteiger partial charge is 0.290 e. The second kappa shape index (κ2) is 7.47. The average molecular weight is 367 g/mol. The molecule has 2 amide bonds. The maximum atomic E-state index is 13.1. The van der Waals surface area contributed by atoms with Crippen LogP contribution in [0.25, 0.3) is 0 Å². The highest BCUT2D eigenvalue weighted by atomic mass is 16.3. The molecule has 1 aromatic heterocycles. The first-order valence-corrected chi connectivity index (χ1v) is 9.58. The van der Waals surface area contributed by atoms with E-state index in [-0.39, 0.29) is 17.9 Å². The summed E-state index contributed by atoms with van der Waals surface area (Å²) >= 11 is 0. The second-order valence-electron chi connectivity index (χ2n) is 7.29. The van der Waals surface area contributed by atoms with Gasteiger partial charge in [-0.1, -0.05) is 12.1 Å². The molecule has 2 aliphatic rings. The Morgan fingerprint density at radius 1 is 1.04 bits per heavy atom. The number of nitrogens with zero attached hydrogens (tertiary/aromatic N) is 3. The minimum Gasteiger partial charge on any atom is -0.459 e. The standard InChI is InChI=1S/C21H25N3O3/c1-16-5-2-6-17(15-16)22-10-12-23(13-11-22)20(25)18-7-3-9-24(18)21(26)19-8-4-14-27-19/h2,4-6,8,14-15,18H,3,7,9-13H2,1H3. The molecule has 27 heavy (non-hydrogen) atoms. The van der Waals surface area contributed by atoms with E-state index in [1.165, 1.54) is 17.5 Å². The minimum absolute atomic E-state index is 0.0660. The summed E-state index contributed by atoms with van der Waals surface area (Å²) in [6.07, 6.45) is 3.07. The van der Waals surface area contributed by atoms with Crippen molar-refractivity contribution in [1.29, 1.82) is 0 Å². The van der Waals surface area contributed by atoms with Gasteiger partial charge in [-0.05, 0) is 49.6 Å². The summed E-state index contributed by atoms with van der Waals surface area (Å²) in [5.41, 5.74) is 2.45. The lowest BCUT2D eigenvalue weighted by Crippen LogP contribution is -2.54. The molecule has 142 valence electrons. The van der Waals surface area contributed by atoms with E-state index in [0.717, 1.165) is 25.9 Å². The lowest BCUT2D eigenvalue weighted by Gasteiger charge is -2.38. The predicted molar refractivity (Wildman–Crippen MR) is 103 cm³/mol. The molecule has 0 bridgehead atoms. The molecule has 1 unspecified atom stereocenters. The van der Waals surface area contributed by atoms with E-state index in [1.54, 1.807) is 17.0 Å². The van der Waals surface area contributed by atoms with Crippen LogP contribution in [0.5, 0.6) is 0 Å². The van der Waals surface area contributed by atoms with Crippen molar-refractivity contribution in [3.05, 3.63) is 54.0 Å². The van der Waals surface area contributed by atoms with Gasteiger partial charge in [0.15, 0.2) is 5.76 Å². The van der Waals surface area contributed by atoms with E-state index in [2.05, 4.69) is 36.1 Å². The number of furan rings is 1. The van der Waals surface area contributed by atoms with Crippen LogP contribution < -0.4 is 4.90 Å². The van der Waals surface area contributed by atoms with Gasteiger partial charge in [0, 0.05) is 38.4 Å².